The first-order valence-electron chi connectivity index (χ1n) is 10.8. The lowest BCUT2D eigenvalue weighted by molar-refractivity contribution is -0.120. The van der Waals surface area contributed by atoms with Gasteiger partial charge in [0.15, 0.2) is 5.82 Å². The van der Waals surface area contributed by atoms with Gasteiger partial charge in [-0.2, -0.15) is 0 Å². The number of aryl methyl sites for hydroxylation is 1. The smallest absolute Gasteiger partial charge is 0.240 e. The van der Waals surface area contributed by atoms with Gasteiger partial charge in [-0.05, 0) is 30.0 Å². The molecule has 0 unspecified atom stereocenters. The summed E-state index contributed by atoms with van der Waals surface area (Å²) in [6.07, 6.45) is 0.876. The Morgan fingerprint density at radius 3 is 2.52 bits per heavy atom. The van der Waals surface area contributed by atoms with Crippen LogP contribution in [0.25, 0.3) is 11.4 Å². The highest BCUT2D eigenvalue weighted by molar-refractivity contribution is 7.99. The summed E-state index contributed by atoms with van der Waals surface area (Å²) in [5.74, 6) is 1.56. The van der Waals surface area contributed by atoms with Crippen LogP contribution in [0, 0.1) is 5.92 Å². The highest BCUT2D eigenvalue weighted by atomic mass is 32.2. The maximum atomic E-state index is 12.2. The first-order chi connectivity index (χ1) is 15.8. The van der Waals surface area contributed by atoms with Crippen LogP contribution in [-0.2, 0) is 21.2 Å². The zero-order chi connectivity index (χ0) is 23.7. The molecule has 0 aliphatic carbocycles. The highest BCUT2D eigenvalue weighted by Gasteiger charge is 2.14. The van der Waals surface area contributed by atoms with Crippen LogP contribution in [0.1, 0.15) is 25.8 Å². The van der Waals surface area contributed by atoms with E-state index in [0.29, 0.717) is 36.8 Å². The molecule has 3 aromatic rings. The SMILES string of the molecule is CC(C)CNS(=O)(=O)c1ccc(CCC(=O)NCCSc2n[nH]c(-c3ccccc3)n2)cc1. The summed E-state index contributed by atoms with van der Waals surface area (Å²) in [4.78, 5) is 16.8. The van der Waals surface area contributed by atoms with Crippen molar-refractivity contribution in [2.75, 3.05) is 18.8 Å². The number of benzene rings is 2. The lowest BCUT2D eigenvalue weighted by atomic mass is 10.1. The molecule has 3 N–H and O–H groups in total. The molecular formula is C23H29N5O3S2. The van der Waals surface area contributed by atoms with Crippen LogP contribution in [0.5, 0.6) is 0 Å². The summed E-state index contributed by atoms with van der Waals surface area (Å²) in [7, 11) is -3.50. The van der Waals surface area contributed by atoms with Crippen molar-refractivity contribution >= 4 is 27.7 Å². The number of carbonyl (C=O) groups excluding carboxylic acids is 1. The van der Waals surface area contributed by atoms with Crippen molar-refractivity contribution in [3.63, 3.8) is 0 Å². The first-order valence-corrected chi connectivity index (χ1v) is 13.3. The molecule has 8 nitrogen and oxygen atoms in total. The van der Waals surface area contributed by atoms with Crippen LogP contribution in [-0.4, -0.2) is 48.3 Å². The van der Waals surface area contributed by atoms with Crippen molar-refractivity contribution in [3.8, 4) is 11.4 Å². The van der Waals surface area contributed by atoms with E-state index < -0.39 is 10.0 Å². The van der Waals surface area contributed by atoms with Gasteiger partial charge in [0.1, 0.15) is 0 Å². The Morgan fingerprint density at radius 2 is 1.82 bits per heavy atom. The minimum absolute atomic E-state index is 0.0501. The number of sulfonamides is 1. The van der Waals surface area contributed by atoms with Gasteiger partial charge in [0.2, 0.25) is 21.1 Å². The number of aromatic amines is 1. The summed E-state index contributed by atoms with van der Waals surface area (Å²) in [5.41, 5.74) is 1.89. The Hall–Kier alpha value is -2.69. The zero-order valence-electron chi connectivity index (χ0n) is 18.7. The molecule has 0 aliphatic rings. The first kappa shape index (κ1) is 24.9. The van der Waals surface area contributed by atoms with Gasteiger partial charge in [-0.25, -0.2) is 18.1 Å². The topological polar surface area (TPSA) is 117 Å². The fourth-order valence-electron chi connectivity index (χ4n) is 2.91. The minimum Gasteiger partial charge on any atom is -0.355 e. The minimum atomic E-state index is -3.50. The lowest BCUT2D eigenvalue weighted by Crippen LogP contribution is -2.27. The zero-order valence-corrected chi connectivity index (χ0v) is 20.4. The highest BCUT2D eigenvalue weighted by Crippen LogP contribution is 2.18. The third-order valence-corrected chi connectivity index (χ3v) is 7.01. The molecule has 176 valence electrons. The van der Waals surface area contributed by atoms with Crippen LogP contribution >= 0.6 is 11.8 Å². The van der Waals surface area contributed by atoms with Crippen molar-refractivity contribution < 1.29 is 13.2 Å². The van der Waals surface area contributed by atoms with E-state index in [0.717, 1.165) is 17.0 Å². The molecule has 1 aromatic heterocycles. The van der Waals surface area contributed by atoms with E-state index in [1.165, 1.54) is 11.8 Å². The van der Waals surface area contributed by atoms with Crippen molar-refractivity contribution in [2.45, 2.75) is 36.7 Å². The number of aromatic nitrogens is 3. The maximum absolute atomic E-state index is 12.2. The second-order valence-corrected chi connectivity index (χ2v) is 10.7. The number of hydrogen-bond donors (Lipinski definition) is 3. The fraction of sp³-hybridized carbons (Fsp3) is 0.348. The number of carbonyl (C=O) groups is 1. The molecule has 0 aliphatic heterocycles. The molecule has 0 spiro atoms. The maximum Gasteiger partial charge on any atom is 0.240 e. The molecule has 0 radical (unpaired) electrons. The summed E-state index contributed by atoms with van der Waals surface area (Å²) in [5, 5.41) is 10.7. The molecule has 1 heterocycles. The lowest BCUT2D eigenvalue weighted by Gasteiger charge is -2.09. The third kappa shape index (κ3) is 7.99. The fourth-order valence-corrected chi connectivity index (χ4v) is 4.78. The molecule has 2 aromatic carbocycles. The van der Waals surface area contributed by atoms with Gasteiger partial charge in [0.05, 0.1) is 4.90 Å². The summed E-state index contributed by atoms with van der Waals surface area (Å²) < 4.78 is 27.1. The number of amides is 1. The summed E-state index contributed by atoms with van der Waals surface area (Å²) in [6, 6.07) is 16.4. The third-order valence-electron chi connectivity index (χ3n) is 4.72. The Morgan fingerprint density at radius 1 is 1.09 bits per heavy atom. The van der Waals surface area contributed by atoms with E-state index in [1.807, 2.05) is 44.2 Å². The van der Waals surface area contributed by atoms with Crippen LogP contribution in [0.4, 0.5) is 0 Å². The molecule has 0 atom stereocenters. The largest absolute Gasteiger partial charge is 0.355 e. The quantitative estimate of drug-likeness (QED) is 0.267. The number of hydrogen-bond acceptors (Lipinski definition) is 6. The van der Waals surface area contributed by atoms with Gasteiger partial charge in [0.25, 0.3) is 0 Å². The number of nitrogens with zero attached hydrogens (tertiary/aromatic N) is 2. The number of H-pyrrole nitrogens is 1. The van der Waals surface area contributed by atoms with Crippen molar-refractivity contribution in [1.29, 1.82) is 0 Å². The van der Waals surface area contributed by atoms with Gasteiger partial charge in [0, 0.05) is 30.8 Å². The van der Waals surface area contributed by atoms with Gasteiger partial charge in [-0.15, -0.1) is 5.10 Å². The molecule has 0 saturated carbocycles. The molecule has 10 heteroatoms. The van der Waals surface area contributed by atoms with Crippen LogP contribution in [0.15, 0.2) is 64.6 Å². The molecular weight excluding hydrogens is 458 g/mol. The van der Waals surface area contributed by atoms with Crippen molar-refractivity contribution in [3.05, 3.63) is 60.2 Å². The normalized spacial score (nSPS) is 11.6. The van der Waals surface area contributed by atoms with E-state index >= 15 is 0 Å². The van der Waals surface area contributed by atoms with Crippen LogP contribution in [0.3, 0.4) is 0 Å². The predicted octanol–water partition coefficient (Wildman–Crippen LogP) is 3.25. The number of nitrogens with one attached hydrogen (secondary N) is 3. The average molecular weight is 488 g/mol. The molecule has 1 amide bonds. The van der Waals surface area contributed by atoms with E-state index in [-0.39, 0.29) is 16.7 Å². The van der Waals surface area contributed by atoms with Gasteiger partial charge in [-0.3, -0.25) is 9.89 Å². The van der Waals surface area contributed by atoms with Crippen molar-refractivity contribution in [2.24, 2.45) is 5.92 Å². The van der Waals surface area contributed by atoms with E-state index in [1.54, 1.807) is 24.3 Å². The monoisotopic (exact) mass is 487 g/mol. The van der Waals surface area contributed by atoms with Gasteiger partial charge >= 0.3 is 0 Å². The Bertz CT molecular complexity index is 1130. The Balaban J connectivity index is 1.36. The molecule has 0 fully saturated rings. The summed E-state index contributed by atoms with van der Waals surface area (Å²) >= 11 is 1.47. The summed E-state index contributed by atoms with van der Waals surface area (Å²) in [6.45, 7) is 4.81. The van der Waals surface area contributed by atoms with E-state index in [4.69, 9.17) is 0 Å². The molecule has 0 bridgehead atoms. The molecule has 33 heavy (non-hydrogen) atoms. The van der Waals surface area contributed by atoms with Gasteiger partial charge in [-0.1, -0.05) is 68.1 Å². The van der Waals surface area contributed by atoms with Gasteiger partial charge < -0.3 is 5.32 Å². The van der Waals surface area contributed by atoms with Crippen LogP contribution in [0.2, 0.25) is 0 Å². The van der Waals surface area contributed by atoms with Crippen molar-refractivity contribution in [1.82, 2.24) is 25.2 Å². The molecule has 3 rings (SSSR count). The van der Waals surface area contributed by atoms with E-state index in [9.17, 15) is 13.2 Å². The standard InChI is InChI=1S/C23H29N5O3S2/c1-17(2)16-25-33(30,31)20-11-8-18(9-12-20)10-13-21(29)24-14-15-32-23-26-22(27-28-23)19-6-4-3-5-7-19/h3-9,11-12,17,25H,10,13-16H2,1-2H3,(H,24,29)(H,26,27,28). The van der Waals surface area contributed by atoms with E-state index in [2.05, 4.69) is 25.2 Å². The second kappa shape index (κ2) is 12.0. The molecule has 0 saturated heterocycles. The number of rotatable bonds is 12. The number of thioether (sulfide) groups is 1. The Labute approximate surface area is 199 Å². The Kier molecular flexibility index (Phi) is 9.04. The second-order valence-electron chi connectivity index (χ2n) is 7.92. The predicted molar refractivity (Wildman–Crippen MR) is 130 cm³/mol. The van der Waals surface area contributed by atoms with Crippen LogP contribution < -0.4 is 10.0 Å². The average Bonchev–Trinajstić information content (AvgIpc) is 3.29.